The summed E-state index contributed by atoms with van der Waals surface area (Å²) in [6.45, 7) is 0. The van der Waals surface area contributed by atoms with Crippen molar-refractivity contribution in [3.05, 3.63) is 77.1 Å². The van der Waals surface area contributed by atoms with E-state index >= 15 is 0 Å². The topological polar surface area (TPSA) is 33.1 Å². The Kier molecular flexibility index (Phi) is 4.61. The van der Waals surface area contributed by atoms with Gasteiger partial charge in [-0.05, 0) is 29.1 Å². The van der Waals surface area contributed by atoms with Gasteiger partial charge in [0.05, 0.1) is 5.69 Å². The molecule has 1 atom stereocenters. The second kappa shape index (κ2) is 6.23. The fourth-order valence-electron chi connectivity index (χ4n) is 2.20. The maximum atomic E-state index is 10.5. The number of hydrogen-bond donors (Lipinski definition) is 1. The second-order valence-electron chi connectivity index (χ2n) is 4.37. The average molecular weight is 305 g/mol. The minimum atomic E-state index is -0.773. The van der Waals surface area contributed by atoms with Crippen molar-refractivity contribution in [2.45, 2.75) is 6.10 Å². The molecule has 3 rings (SSSR count). The lowest BCUT2D eigenvalue weighted by atomic mass is 10.0. The van der Waals surface area contributed by atoms with Crippen LogP contribution in [0.25, 0.3) is 10.8 Å². The highest BCUT2D eigenvalue weighted by molar-refractivity contribution is 6.30. The highest BCUT2D eigenvalue weighted by atomic mass is 35.5. The van der Waals surface area contributed by atoms with E-state index in [4.69, 9.17) is 11.6 Å². The molecule has 20 heavy (non-hydrogen) atoms. The van der Waals surface area contributed by atoms with Crippen molar-refractivity contribution in [2.24, 2.45) is 0 Å². The van der Waals surface area contributed by atoms with Crippen molar-refractivity contribution in [1.82, 2.24) is 4.98 Å². The van der Waals surface area contributed by atoms with Gasteiger partial charge in [0.15, 0.2) is 0 Å². The van der Waals surface area contributed by atoms with Crippen LogP contribution in [0.1, 0.15) is 17.4 Å². The van der Waals surface area contributed by atoms with Crippen LogP contribution in [0.4, 0.5) is 0 Å². The predicted octanol–water partition coefficient (Wildman–Crippen LogP) is 0.974. The van der Waals surface area contributed by atoms with Gasteiger partial charge in [0.2, 0.25) is 0 Å². The van der Waals surface area contributed by atoms with Crippen LogP contribution in [0.3, 0.4) is 0 Å². The second-order valence-corrected chi connectivity index (χ2v) is 4.81. The van der Waals surface area contributed by atoms with Gasteiger partial charge in [-0.15, -0.1) is 0 Å². The van der Waals surface area contributed by atoms with E-state index in [1.54, 1.807) is 18.3 Å². The number of hydrogen-bond acceptors (Lipinski definition) is 2. The molecule has 0 aliphatic rings. The number of aliphatic hydroxyl groups excluding tert-OH is 1. The maximum Gasteiger partial charge on any atom is 0.122 e. The Bertz CT molecular complexity index is 725. The predicted molar refractivity (Wildman–Crippen MR) is 77.3 cm³/mol. The summed E-state index contributed by atoms with van der Waals surface area (Å²) in [6, 6.07) is 17.0. The van der Waals surface area contributed by atoms with Crippen molar-refractivity contribution in [3.63, 3.8) is 0 Å². The van der Waals surface area contributed by atoms with Gasteiger partial charge in [-0.3, -0.25) is 4.98 Å². The first-order valence-electron chi connectivity index (χ1n) is 6.03. The van der Waals surface area contributed by atoms with Gasteiger partial charge < -0.3 is 17.5 Å². The zero-order valence-corrected chi connectivity index (χ0v) is 12.0. The molecule has 1 heterocycles. The molecule has 0 bridgehead atoms. The number of benzene rings is 2. The van der Waals surface area contributed by atoms with Crippen LogP contribution in [0.2, 0.25) is 5.02 Å². The molecule has 102 valence electrons. The van der Waals surface area contributed by atoms with Gasteiger partial charge in [-0.25, -0.2) is 0 Å². The molecule has 1 aromatic heterocycles. The fraction of sp³-hybridized carbons (Fsp3) is 0.0625. The first-order valence-corrected chi connectivity index (χ1v) is 6.41. The summed E-state index contributed by atoms with van der Waals surface area (Å²) in [5.41, 5.74) is 1.40. The average Bonchev–Trinajstić information content (AvgIpc) is 2.46. The van der Waals surface area contributed by atoms with E-state index in [1.807, 2.05) is 42.5 Å². The van der Waals surface area contributed by atoms with Crippen LogP contribution in [-0.4, -0.2) is 10.1 Å². The van der Waals surface area contributed by atoms with E-state index in [2.05, 4.69) is 4.98 Å². The molecule has 0 amide bonds. The summed E-state index contributed by atoms with van der Waals surface area (Å²) >= 11 is 5.96. The zero-order chi connectivity index (χ0) is 13.2. The minimum absolute atomic E-state index is 0. The first-order chi connectivity index (χ1) is 9.25. The van der Waals surface area contributed by atoms with Gasteiger partial charge in [0.25, 0.3) is 0 Å². The maximum absolute atomic E-state index is 10.5. The summed E-state index contributed by atoms with van der Waals surface area (Å²) in [7, 11) is 0. The zero-order valence-electron chi connectivity index (χ0n) is 10.5. The molecule has 3 aromatic rings. The van der Waals surface area contributed by atoms with E-state index in [-0.39, 0.29) is 12.4 Å². The van der Waals surface area contributed by atoms with Gasteiger partial charge >= 0.3 is 0 Å². The Labute approximate surface area is 128 Å². The lowest BCUT2D eigenvalue weighted by Crippen LogP contribution is -3.00. The molecular formula is C16H12Cl2NO-. The largest absolute Gasteiger partial charge is 1.00 e. The van der Waals surface area contributed by atoms with Crippen LogP contribution in [0.5, 0.6) is 0 Å². The molecule has 0 saturated carbocycles. The van der Waals surface area contributed by atoms with Crippen LogP contribution in [0, 0.1) is 0 Å². The van der Waals surface area contributed by atoms with Crippen LogP contribution in [-0.2, 0) is 0 Å². The minimum Gasteiger partial charge on any atom is -1.00 e. The van der Waals surface area contributed by atoms with E-state index in [9.17, 15) is 5.11 Å². The molecule has 1 unspecified atom stereocenters. The van der Waals surface area contributed by atoms with Gasteiger partial charge in [-0.1, -0.05) is 48.0 Å². The highest BCUT2D eigenvalue weighted by Gasteiger charge is 2.15. The number of aromatic nitrogens is 1. The van der Waals surface area contributed by atoms with Gasteiger partial charge in [0.1, 0.15) is 6.10 Å². The Morgan fingerprint density at radius 2 is 1.80 bits per heavy atom. The van der Waals surface area contributed by atoms with Crippen molar-refractivity contribution in [1.29, 1.82) is 0 Å². The fourth-order valence-corrected chi connectivity index (χ4v) is 2.39. The smallest absolute Gasteiger partial charge is 0.122 e. The Morgan fingerprint density at radius 3 is 2.60 bits per heavy atom. The number of aliphatic hydroxyl groups is 1. The molecule has 0 spiro atoms. The third-order valence-electron chi connectivity index (χ3n) is 3.13. The number of pyridine rings is 1. The third kappa shape index (κ3) is 2.78. The lowest BCUT2D eigenvalue weighted by Gasteiger charge is -2.13. The Morgan fingerprint density at radius 1 is 1.00 bits per heavy atom. The van der Waals surface area contributed by atoms with Crippen molar-refractivity contribution in [2.75, 3.05) is 0 Å². The van der Waals surface area contributed by atoms with Crippen molar-refractivity contribution >= 4 is 22.4 Å². The lowest BCUT2D eigenvalue weighted by molar-refractivity contribution is -0.00000496. The SMILES string of the molecule is OC(c1cccc(Cl)c1)c1nccc2ccccc12.[Cl-]. The molecule has 4 heteroatoms. The molecule has 0 aliphatic heterocycles. The molecule has 0 fully saturated rings. The third-order valence-corrected chi connectivity index (χ3v) is 3.36. The number of halogens is 2. The van der Waals surface area contributed by atoms with Crippen LogP contribution < -0.4 is 12.4 Å². The summed E-state index contributed by atoms with van der Waals surface area (Å²) < 4.78 is 0. The molecule has 1 N–H and O–H groups in total. The summed E-state index contributed by atoms with van der Waals surface area (Å²) in [4.78, 5) is 4.32. The number of rotatable bonds is 2. The van der Waals surface area contributed by atoms with Crippen molar-refractivity contribution < 1.29 is 17.5 Å². The Balaban J connectivity index is 0.00000147. The molecule has 2 aromatic carbocycles. The normalized spacial score (nSPS) is 11.9. The van der Waals surface area contributed by atoms with E-state index in [0.29, 0.717) is 10.7 Å². The molecule has 2 nitrogen and oxygen atoms in total. The van der Waals surface area contributed by atoms with Crippen molar-refractivity contribution in [3.8, 4) is 0 Å². The molecule has 0 aliphatic carbocycles. The molecular weight excluding hydrogens is 293 g/mol. The monoisotopic (exact) mass is 304 g/mol. The molecule has 0 saturated heterocycles. The summed E-state index contributed by atoms with van der Waals surface area (Å²) in [5, 5.41) is 13.1. The molecule has 0 radical (unpaired) electrons. The Hall–Kier alpha value is -1.61. The number of fused-ring (bicyclic) bond motifs is 1. The van der Waals surface area contributed by atoms with Gasteiger partial charge in [-0.2, -0.15) is 0 Å². The summed E-state index contributed by atoms with van der Waals surface area (Å²) in [6.07, 6.45) is 0.940. The summed E-state index contributed by atoms with van der Waals surface area (Å²) in [5.74, 6) is 0. The van der Waals surface area contributed by atoms with Crippen LogP contribution in [0.15, 0.2) is 60.8 Å². The van der Waals surface area contributed by atoms with Gasteiger partial charge in [0, 0.05) is 16.6 Å². The van der Waals surface area contributed by atoms with E-state index in [0.717, 1.165) is 16.3 Å². The highest BCUT2D eigenvalue weighted by Crippen LogP contribution is 2.28. The van der Waals surface area contributed by atoms with Crippen LogP contribution >= 0.6 is 11.6 Å². The quantitative estimate of drug-likeness (QED) is 0.765. The first kappa shape index (κ1) is 14.8. The van der Waals surface area contributed by atoms with E-state index in [1.165, 1.54) is 0 Å². The standard InChI is InChI=1S/C16H12ClNO.ClH/c17-13-6-3-5-12(10-13)16(19)15-14-7-2-1-4-11(14)8-9-18-15;/h1-10,16,19H;1H/p-1. The number of nitrogens with zero attached hydrogens (tertiary/aromatic N) is 1. The van der Waals surface area contributed by atoms with E-state index < -0.39 is 6.10 Å².